The molecule has 1 N–H and O–H groups in total. The van der Waals surface area contributed by atoms with Gasteiger partial charge in [0.05, 0.1) is 17.7 Å². The zero-order valence-corrected chi connectivity index (χ0v) is 8.93. The highest BCUT2D eigenvalue weighted by atomic mass is 79.9. The predicted molar refractivity (Wildman–Crippen MR) is 51.3 cm³/mol. The number of ether oxygens (including phenoxy) is 1. The summed E-state index contributed by atoms with van der Waals surface area (Å²) in [6, 6.07) is 3.16. The highest BCUT2D eigenvalue weighted by molar-refractivity contribution is 9.10. The normalized spacial score (nSPS) is 12.7. The van der Waals surface area contributed by atoms with Crippen LogP contribution in [-0.2, 0) is 0 Å². The number of hydrogen-bond donors (Lipinski definition) is 1. The lowest BCUT2D eigenvalue weighted by atomic mass is 10.1. The Morgan fingerprint density at radius 1 is 1.54 bits per heavy atom. The lowest BCUT2D eigenvalue weighted by Gasteiger charge is -2.12. The van der Waals surface area contributed by atoms with E-state index in [2.05, 4.69) is 15.9 Å². The molecule has 1 rings (SSSR count). The van der Waals surface area contributed by atoms with Crippen LogP contribution in [0.2, 0.25) is 0 Å². The van der Waals surface area contributed by atoms with Crippen LogP contribution in [0.15, 0.2) is 16.6 Å². The molecule has 1 unspecified atom stereocenters. The quantitative estimate of drug-likeness (QED) is 0.873. The molecule has 0 saturated carbocycles. The highest BCUT2D eigenvalue weighted by Crippen LogP contribution is 2.32. The maximum Gasteiger partial charge on any atom is 0.179 e. The Bertz CT molecular complexity index is 313. The van der Waals surface area contributed by atoms with Crippen molar-refractivity contribution in [2.24, 2.45) is 0 Å². The van der Waals surface area contributed by atoms with E-state index in [1.165, 1.54) is 7.11 Å². The van der Waals surface area contributed by atoms with Crippen molar-refractivity contribution in [1.29, 1.82) is 0 Å². The van der Waals surface area contributed by atoms with Gasteiger partial charge in [0, 0.05) is 5.56 Å². The number of rotatable bonds is 2. The molecule has 0 aliphatic rings. The summed E-state index contributed by atoms with van der Waals surface area (Å²) in [5, 5.41) is 9.29. The molecule has 0 fully saturated rings. The molecule has 0 aliphatic heterocycles. The standard InChI is InChI=1S/C9H10BrFO2/c1-5(12)6-3-4-7(10)8(11)9(6)13-2/h3-5,12H,1-2H3. The fraction of sp³-hybridized carbons (Fsp3) is 0.333. The van der Waals surface area contributed by atoms with Gasteiger partial charge < -0.3 is 9.84 Å². The Kier molecular flexibility index (Phi) is 3.27. The minimum atomic E-state index is -0.738. The summed E-state index contributed by atoms with van der Waals surface area (Å²) in [7, 11) is 1.37. The molecule has 0 heterocycles. The first-order chi connectivity index (χ1) is 6.07. The number of benzene rings is 1. The number of hydrogen-bond acceptors (Lipinski definition) is 2. The van der Waals surface area contributed by atoms with Crippen molar-refractivity contribution in [3.63, 3.8) is 0 Å². The third-order valence-corrected chi connectivity index (χ3v) is 2.35. The largest absolute Gasteiger partial charge is 0.493 e. The second-order valence-electron chi connectivity index (χ2n) is 2.66. The smallest absolute Gasteiger partial charge is 0.179 e. The number of halogens is 2. The minimum absolute atomic E-state index is 0.0874. The Balaban J connectivity index is 3.30. The summed E-state index contributed by atoms with van der Waals surface area (Å²) in [4.78, 5) is 0. The first-order valence-electron chi connectivity index (χ1n) is 3.78. The molecule has 13 heavy (non-hydrogen) atoms. The van der Waals surface area contributed by atoms with E-state index in [1.54, 1.807) is 19.1 Å². The maximum atomic E-state index is 13.3. The van der Waals surface area contributed by atoms with Crippen molar-refractivity contribution in [1.82, 2.24) is 0 Å². The molecule has 0 spiro atoms. The van der Waals surface area contributed by atoms with E-state index >= 15 is 0 Å². The molecule has 0 amide bonds. The van der Waals surface area contributed by atoms with Gasteiger partial charge in [-0.2, -0.15) is 0 Å². The van der Waals surface area contributed by atoms with Gasteiger partial charge in [-0.15, -0.1) is 0 Å². The fourth-order valence-electron chi connectivity index (χ4n) is 1.08. The molecule has 0 aromatic heterocycles. The van der Waals surface area contributed by atoms with Gasteiger partial charge in [-0.05, 0) is 28.9 Å². The molecule has 0 bridgehead atoms. The molecule has 72 valence electrons. The third-order valence-electron chi connectivity index (χ3n) is 1.73. The monoisotopic (exact) mass is 248 g/mol. The maximum absolute atomic E-state index is 13.3. The van der Waals surface area contributed by atoms with Crippen LogP contribution in [0.4, 0.5) is 4.39 Å². The van der Waals surface area contributed by atoms with Crippen LogP contribution in [-0.4, -0.2) is 12.2 Å². The average Bonchev–Trinajstić information content (AvgIpc) is 2.09. The molecule has 1 aromatic carbocycles. The van der Waals surface area contributed by atoms with Crippen molar-refractivity contribution >= 4 is 15.9 Å². The van der Waals surface area contributed by atoms with Crippen molar-refractivity contribution in [2.45, 2.75) is 13.0 Å². The van der Waals surface area contributed by atoms with Crippen LogP contribution in [0.5, 0.6) is 5.75 Å². The molecule has 1 atom stereocenters. The van der Waals surface area contributed by atoms with Gasteiger partial charge in [0.25, 0.3) is 0 Å². The van der Waals surface area contributed by atoms with E-state index in [0.717, 1.165) is 0 Å². The Hall–Kier alpha value is -0.610. The first kappa shape index (κ1) is 10.5. The summed E-state index contributed by atoms with van der Waals surface area (Å²) in [6.45, 7) is 1.56. The Morgan fingerprint density at radius 3 is 2.62 bits per heavy atom. The van der Waals surface area contributed by atoms with Crippen LogP contribution in [0.3, 0.4) is 0 Å². The van der Waals surface area contributed by atoms with E-state index in [-0.39, 0.29) is 5.75 Å². The molecular formula is C9H10BrFO2. The fourth-order valence-corrected chi connectivity index (χ4v) is 1.40. The van der Waals surface area contributed by atoms with Crippen molar-refractivity contribution in [3.8, 4) is 5.75 Å². The lowest BCUT2D eigenvalue weighted by molar-refractivity contribution is 0.193. The molecule has 0 saturated heterocycles. The summed E-state index contributed by atoms with van der Waals surface area (Å²) in [6.07, 6.45) is -0.738. The summed E-state index contributed by atoms with van der Waals surface area (Å²) in [5.41, 5.74) is 0.447. The molecule has 0 aliphatic carbocycles. The molecular weight excluding hydrogens is 239 g/mol. The van der Waals surface area contributed by atoms with Gasteiger partial charge in [-0.1, -0.05) is 6.07 Å². The van der Waals surface area contributed by atoms with Gasteiger partial charge in [-0.25, -0.2) is 4.39 Å². The van der Waals surface area contributed by atoms with Crippen molar-refractivity contribution in [3.05, 3.63) is 28.0 Å². The zero-order valence-electron chi connectivity index (χ0n) is 7.34. The van der Waals surface area contributed by atoms with Gasteiger partial charge in [0.15, 0.2) is 11.6 Å². The van der Waals surface area contributed by atoms with Crippen LogP contribution in [0, 0.1) is 5.82 Å². The minimum Gasteiger partial charge on any atom is -0.493 e. The molecule has 4 heteroatoms. The summed E-state index contributed by atoms with van der Waals surface area (Å²) < 4.78 is 18.5. The summed E-state index contributed by atoms with van der Waals surface area (Å²) in [5.74, 6) is -0.398. The predicted octanol–water partition coefficient (Wildman–Crippen LogP) is 2.65. The van der Waals surface area contributed by atoms with E-state index in [9.17, 15) is 9.50 Å². The van der Waals surface area contributed by atoms with E-state index in [4.69, 9.17) is 4.74 Å². The Labute approximate surface area is 84.5 Å². The second-order valence-corrected chi connectivity index (χ2v) is 3.51. The second kappa shape index (κ2) is 4.07. The zero-order chi connectivity index (χ0) is 10.0. The SMILES string of the molecule is COc1c(C(C)O)ccc(Br)c1F. The molecule has 2 nitrogen and oxygen atoms in total. The average molecular weight is 249 g/mol. The number of methoxy groups -OCH3 is 1. The van der Waals surface area contributed by atoms with Crippen LogP contribution in [0.25, 0.3) is 0 Å². The first-order valence-corrected chi connectivity index (χ1v) is 4.57. The summed E-state index contributed by atoms with van der Waals surface area (Å²) >= 11 is 3.03. The van der Waals surface area contributed by atoms with E-state index in [0.29, 0.717) is 10.0 Å². The number of aliphatic hydroxyl groups excluding tert-OH is 1. The van der Waals surface area contributed by atoms with Crippen molar-refractivity contribution < 1.29 is 14.2 Å². The Morgan fingerprint density at radius 2 is 2.15 bits per heavy atom. The van der Waals surface area contributed by atoms with Crippen LogP contribution >= 0.6 is 15.9 Å². The number of aliphatic hydroxyl groups is 1. The van der Waals surface area contributed by atoms with Gasteiger partial charge >= 0.3 is 0 Å². The lowest BCUT2D eigenvalue weighted by Crippen LogP contribution is -1.99. The highest BCUT2D eigenvalue weighted by Gasteiger charge is 2.15. The molecule has 0 radical (unpaired) electrons. The topological polar surface area (TPSA) is 29.5 Å². The third kappa shape index (κ3) is 2.00. The molecule has 1 aromatic rings. The van der Waals surface area contributed by atoms with Crippen LogP contribution in [0.1, 0.15) is 18.6 Å². The van der Waals surface area contributed by atoms with Gasteiger partial charge in [0.2, 0.25) is 0 Å². The van der Waals surface area contributed by atoms with Gasteiger partial charge in [-0.3, -0.25) is 0 Å². The van der Waals surface area contributed by atoms with E-state index in [1.807, 2.05) is 0 Å². The van der Waals surface area contributed by atoms with Crippen molar-refractivity contribution in [2.75, 3.05) is 7.11 Å². The van der Waals surface area contributed by atoms with Crippen LogP contribution < -0.4 is 4.74 Å². The van der Waals surface area contributed by atoms with Gasteiger partial charge in [0.1, 0.15) is 0 Å². The van der Waals surface area contributed by atoms with E-state index < -0.39 is 11.9 Å².